The zero-order valence-electron chi connectivity index (χ0n) is 11.5. The molecule has 3 N–H and O–H groups in total. The van der Waals surface area contributed by atoms with E-state index in [1.807, 2.05) is 13.0 Å². The van der Waals surface area contributed by atoms with E-state index in [1.54, 1.807) is 0 Å². The molecule has 0 aliphatic carbocycles. The maximum absolute atomic E-state index is 7.51. The molecule has 3 heteroatoms. The van der Waals surface area contributed by atoms with Crippen LogP contribution in [0.25, 0.3) is 0 Å². The first-order valence-corrected chi connectivity index (χ1v) is 6.69. The minimum atomic E-state index is 0.152. The topological polar surface area (TPSA) is 53.1 Å². The average molecular weight is 245 g/mol. The Hall–Kier alpha value is -1.51. The third-order valence-corrected chi connectivity index (χ3v) is 4.20. The van der Waals surface area contributed by atoms with E-state index in [1.165, 1.54) is 12.1 Å². The van der Waals surface area contributed by atoms with Gasteiger partial charge in [-0.1, -0.05) is 13.8 Å². The lowest BCUT2D eigenvalue weighted by Crippen LogP contribution is -2.38. The molecule has 2 unspecified atom stereocenters. The number of amidine groups is 1. The van der Waals surface area contributed by atoms with Gasteiger partial charge < -0.3 is 10.6 Å². The van der Waals surface area contributed by atoms with Gasteiger partial charge in [-0.3, -0.25) is 5.41 Å². The van der Waals surface area contributed by atoms with Gasteiger partial charge in [0.05, 0.1) is 0 Å². The van der Waals surface area contributed by atoms with Crippen LogP contribution in [0.5, 0.6) is 0 Å². The second-order valence-electron chi connectivity index (χ2n) is 5.60. The van der Waals surface area contributed by atoms with Crippen molar-refractivity contribution in [3.8, 4) is 0 Å². The Balaban J connectivity index is 2.19. The third kappa shape index (κ3) is 2.50. The summed E-state index contributed by atoms with van der Waals surface area (Å²) in [5, 5.41) is 7.51. The number of nitrogens with two attached hydrogens (primary N) is 1. The van der Waals surface area contributed by atoms with Crippen molar-refractivity contribution in [2.24, 2.45) is 17.6 Å². The van der Waals surface area contributed by atoms with Crippen LogP contribution < -0.4 is 10.6 Å². The van der Waals surface area contributed by atoms with Gasteiger partial charge in [-0.2, -0.15) is 0 Å². The zero-order valence-corrected chi connectivity index (χ0v) is 11.5. The molecule has 1 saturated heterocycles. The molecule has 1 aromatic carbocycles. The SMILES string of the molecule is Cc1cc(N2CCC(C)C(C)C2)ccc1C(=N)N. The number of nitrogens with zero attached hydrogens (tertiary/aromatic N) is 1. The summed E-state index contributed by atoms with van der Waals surface area (Å²) >= 11 is 0. The summed E-state index contributed by atoms with van der Waals surface area (Å²) in [7, 11) is 0. The molecule has 0 spiro atoms. The number of nitrogen functional groups attached to an aromatic ring is 1. The lowest BCUT2D eigenvalue weighted by Gasteiger charge is -2.37. The van der Waals surface area contributed by atoms with Gasteiger partial charge in [0.25, 0.3) is 0 Å². The van der Waals surface area contributed by atoms with Crippen LogP contribution in [0.1, 0.15) is 31.4 Å². The fraction of sp³-hybridized carbons (Fsp3) is 0.533. The Morgan fingerprint density at radius 2 is 2.06 bits per heavy atom. The zero-order chi connectivity index (χ0) is 13.3. The van der Waals surface area contributed by atoms with Gasteiger partial charge in [-0.15, -0.1) is 0 Å². The molecule has 3 nitrogen and oxygen atoms in total. The van der Waals surface area contributed by atoms with E-state index in [-0.39, 0.29) is 5.84 Å². The maximum Gasteiger partial charge on any atom is 0.123 e. The standard InChI is InChI=1S/C15H23N3/c1-10-6-7-18(9-12(10)3)13-4-5-14(15(16)17)11(2)8-13/h4-5,8,10,12H,6-7,9H2,1-3H3,(H3,16,17). The number of anilines is 1. The fourth-order valence-electron chi connectivity index (χ4n) is 2.64. The van der Waals surface area contributed by atoms with Gasteiger partial charge >= 0.3 is 0 Å². The van der Waals surface area contributed by atoms with E-state index in [9.17, 15) is 0 Å². The summed E-state index contributed by atoms with van der Waals surface area (Å²) in [6.07, 6.45) is 1.26. The highest BCUT2D eigenvalue weighted by Crippen LogP contribution is 2.28. The molecule has 0 amide bonds. The van der Waals surface area contributed by atoms with Crippen LogP contribution in [0.3, 0.4) is 0 Å². The highest BCUT2D eigenvalue weighted by Gasteiger charge is 2.22. The van der Waals surface area contributed by atoms with E-state index in [0.29, 0.717) is 0 Å². The molecule has 1 aromatic rings. The van der Waals surface area contributed by atoms with Crippen LogP contribution in [0.4, 0.5) is 5.69 Å². The normalized spacial score (nSPS) is 24.1. The van der Waals surface area contributed by atoms with Crippen LogP contribution in [-0.2, 0) is 0 Å². The molecule has 0 bridgehead atoms. The smallest absolute Gasteiger partial charge is 0.123 e. The van der Waals surface area contributed by atoms with Crippen LogP contribution in [0.2, 0.25) is 0 Å². The maximum atomic E-state index is 7.51. The van der Waals surface area contributed by atoms with E-state index < -0.39 is 0 Å². The van der Waals surface area contributed by atoms with E-state index in [2.05, 4.69) is 30.9 Å². The van der Waals surface area contributed by atoms with Crippen LogP contribution in [0, 0.1) is 24.2 Å². The molecule has 2 atom stereocenters. The summed E-state index contributed by atoms with van der Waals surface area (Å²) in [6, 6.07) is 6.21. The van der Waals surface area contributed by atoms with Gasteiger partial charge in [-0.25, -0.2) is 0 Å². The lowest BCUT2D eigenvalue weighted by molar-refractivity contribution is 0.324. The minimum Gasteiger partial charge on any atom is -0.384 e. The number of benzene rings is 1. The van der Waals surface area contributed by atoms with E-state index in [4.69, 9.17) is 11.1 Å². The van der Waals surface area contributed by atoms with E-state index >= 15 is 0 Å². The van der Waals surface area contributed by atoms with E-state index in [0.717, 1.165) is 36.1 Å². The number of hydrogen-bond donors (Lipinski definition) is 2. The second kappa shape index (κ2) is 5.01. The number of nitrogens with one attached hydrogen (secondary N) is 1. The summed E-state index contributed by atoms with van der Waals surface area (Å²) in [5.74, 6) is 1.71. The highest BCUT2D eigenvalue weighted by atomic mass is 15.1. The first-order valence-electron chi connectivity index (χ1n) is 6.69. The largest absolute Gasteiger partial charge is 0.384 e. The Morgan fingerprint density at radius 1 is 1.33 bits per heavy atom. The minimum absolute atomic E-state index is 0.152. The molecular formula is C15H23N3. The van der Waals surface area contributed by atoms with Gasteiger partial charge in [-0.05, 0) is 48.9 Å². The monoisotopic (exact) mass is 245 g/mol. The summed E-state index contributed by atoms with van der Waals surface area (Å²) in [4.78, 5) is 2.45. The van der Waals surface area contributed by atoms with Crippen molar-refractivity contribution in [3.05, 3.63) is 29.3 Å². The second-order valence-corrected chi connectivity index (χ2v) is 5.60. The first kappa shape index (κ1) is 12.9. The molecule has 1 heterocycles. The lowest BCUT2D eigenvalue weighted by atomic mass is 9.88. The summed E-state index contributed by atoms with van der Waals surface area (Å²) < 4.78 is 0. The van der Waals surface area contributed by atoms with Crippen LogP contribution in [0.15, 0.2) is 18.2 Å². The number of hydrogen-bond acceptors (Lipinski definition) is 2. The molecule has 0 saturated carbocycles. The van der Waals surface area contributed by atoms with Crippen molar-refractivity contribution < 1.29 is 0 Å². The Bertz CT molecular complexity index is 453. The molecule has 2 rings (SSSR count). The van der Waals surface area contributed by atoms with Gasteiger partial charge in [0, 0.05) is 24.3 Å². The molecular weight excluding hydrogens is 222 g/mol. The van der Waals surface area contributed by atoms with Crippen molar-refractivity contribution in [3.63, 3.8) is 0 Å². The molecule has 98 valence electrons. The number of piperidine rings is 1. The number of aryl methyl sites for hydroxylation is 1. The number of rotatable bonds is 2. The quantitative estimate of drug-likeness (QED) is 0.622. The van der Waals surface area contributed by atoms with Crippen molar-refractivity contribution in [2.75, 3.05) is 18.0 Å². The highest BCUT2D eigenvalue weighted by molar-refractivity contribution is 5.96. The Morgan fingerprint density at radius 3 is 2.61 bits per heavy atom. The van der Waals surface area contributed by atoms with Crippen molar-refractivity contribution in [1.29, 1.82) is 5.41 Å². The van der Waals surface area contributed by atoms with Crippen LogP contribution in [-0.4, -0.2) is 18.9 Å². The van der Waals surface area contributed by atoms with Crippen LogP contribution >= 0.6 is 0 Å². The average Bonchev–Trinajstić information content (AvgIpc) is 2.32. The molecule has 18 heavy (non-hydrogen) atoms. The van der Waals surface area contributed by atoms with Crippen molar-refractivity contribution in [2.45, 2.75) is 27.2 Å². The summed E-state index contributed by atoms with van der Waals surface area (Å²) in [5.41, 5.74) is 8.75. The first-order chi connectivity index (χ1) is 8.49. The van der Waals surface area contributed by atoms with Crippen molar-refractivity contribution in [1.82, 2.24) is 0 Å². The van der Waals surface area contributed by atoms with Gasteiger partial charge in [0.1, 0.15) is 5.84 Å². The Labute approximate surface area is 109 Å². The fourth-order valence-corrected chi connectivity index (χ4v) is 2.64. The van der Waals surface area contributed by atoms with Gasteiger partial charge in [0.15, 0.2) is 0 Å². The third-order valence-electron chi connectivity index (χ3n) is 4.20. The molecule has 0 aromatic heterocycles. The molecule has 1 aliphatic heterocycles. The van der Waals surface area contributed by atoms with Crippen molar-refractivity contribution >= 4 is 11.5 Å². The Kier molecular flexibility index (Phi) is 3.60. The predicted molar refractivity (Wildman–Crippen MR) is 77.4 cm³/mol. The molecule has 1 aliphatic rings. The molecule has 1 fully saturated rings. The molecule has 0 radical (unpaired) electrons. The summed E-state index contributed by atoms with van der Waals surface area (Å²) in [6.45, 7) is 8.94. The van der Waals surface area contributed by atoms with Gasteiger partial charge in [0.2, 0.25) is 0 Å². The predicted octanol–water partition coefficient (Wildman–Crippen LogP) is 2.76.